The summed E-state index contributed by atoms with van der Waals surface area (Å²) in [6, 6.07) is 11.9. The lowest BCUT2D eigenvalue weighted by Crippen LogP contribution is -2.23. The molecule has 18 heavy (non-hydrogen) atoms. The summed E-state index contributed by atoms with van der Waals surface area (Å²) >= 11 is 5.85. The Hall–Kier alpha value is -1.38. The highest BCUT2D eigenvalue weighted by Crippen LogP contribution is 2.42. The van der Waals surface area contributed by atoms with Crippen LogP contribution in [0.15, 0.2) is 42.5 Å². The van der Waals surface area contributed by atoms with E-state index in [0.717, 1.165) is 5.56 Å². The minimum absolute atomic E-state index is 0.239. The summed E-state index contributed by atoms with van der Waals surface area (Å²) in [5.74, 6) is -0.239. The van der Waals surface area contributed by atoms with Crippen molar-refractivity contribution >= 4 is 11.6 Å². The van der Waals surface area contributed by atoms with Crippen molar-refractivity contribution in [1.29, 1.82) is 0 Å². The third kappa shape index (κ3) is 1.64. The molecule has 0 fully saturated rings. The van der Waals surface area contributed by atoms with Crippen LogP contribution in [0.3, 0.4) is 0 Å². The zero-order chi connectivity index (χ0) is 12.8. The maximum absolute atomic E-state index is 13.7. The third-order valence-corrected chi connectivity index (χ3v) is 3.87. The molecule has 3 rings (SSSR count). The van der Waals surface area contributed by atoms with Gasteiger partial charge in [-0.3, -0.25) is 0 Å². The summed E-state index contributed by atoms with van der Waals surface area (Å²) in [5.41, 5.74) is 0.957. The molecule has 1 aliphatic carbocycles. The van der Waals surface area contributed by atoms with Gasteiger partial charge >= 0.3 is 0 Å². The van der Waals surface area contributed by atoms with E-state index < -0.39 is 5.60 Å². The summed E-state index contributed by atoms with van der Waals surface area (Å²) in [6.07, 6.45) is 1.06. The van der Waals surface area contributed by atoms with Gasteiger partial charge in [-0.05, 0) is 47.7 Å². The van der Waals surface area contributed by atoms with Crippen LogP contribution in [0.2, 0.25) is 5.02 Å². The van der Waals surface area contributed by atoms with E-state index in [0.29, 0.717) is 29.0 Å². The second-order valence-corrected chi connectivity index (χ2v) is 5.07. The van der Waals surface area contributed by atoms with Crippen molar-refractivity contribution in [3.05, 3.63) is 70.0 Å². The number of halogens is 2. The monoisotopic (exact) mass is 262 g/mol. The van der Waals surface area contributed by atoms with Crippen LogP contribution in [0, 0.1) is 5.82 Å². The van der Waals surface area contributed by atoms with Crippen molar-refractivity contribution in [3.63, 3.8) is 0 Å². The van der Waals surface area contributed by atoms with Crippen molar-refractivity contribution in [2.45, 2.75) is 18.4 Å². The van der Waals surface area contributed by atoms with Gasteiger partial charge in [-0.25, -0.2) is 4.39 Å². The predicted molar refractivity (Wildman–Crippen MR) is 69.2 cm³/mol. The molecule has 1 atom stereocenters. The Morgan fingerprint density at radius 2 is 1.83 bits per heavy atom. The van der Waals surface area contributed by atoms with Crippen molar-refractivity contribution in [3.8, 4) is 0 Å². The van der Waals surface area contributed by atoms with Crippen LogP contribution in [-0.4, -0.2) is 5.11 Å². The Bertz CT molecular complexity index is 594. The lowest BCUT2D eigenvalue weighted by atomic mass is 9.88. The lowest BCUT2D eigenvalue weighted by molar-refractivity contribution is 0.0829. The van der Waals surface area contributed by atoms with Gasteiger partial charge in [-0.1, -0.05) is 35.9 Å². The van der Waals surface area contributed by atoms with E-state index in [1.807, 2.05) is 0 Å². The molecular formula is C15H12ClFO. The van der Waals surface area contributed by atoms with E-state index in [2.05, 4.69) is 0 Å². The molecule has 0 heterocycles. The molecule has 0 aromatic heterocycles. The smallest absolute Gasteiger partial charge is 0.126 e. The second-order valence-electron chi connectivity index (χ2n) is 4.63. The number of hydrogen-bond acceptors (Lipinski definition) is 1. The van der Waals surface area contributed by atoms with E-state index in [9.17, 15) is 9.50 Å². The first-order valence-corrected chi connectivity index (χ1v) is 6.25. The molecule has 0 saturated heterocycles. The fraction of sp³-hybridized carbons (Fsp3) is 0.200. The normalized spacial score (nSPS) is 21.9. The van der Waals surface area contributed by atoms with Crippen LogP contribution in [-0.2, 0) is 12.0 Å². The molecule has 1 aliphatic rings. The maximum atomic E-state index is 13.7. The molecule has 1 unspecified atom stereocenters. The van der Waals surface area contributed by atoms with Gasteiger partial charge in [0.25, 0.3) is 0 Å². The van der Waals surface area contributed by atoms with Crippen molar-refractivity contribution < 1.29 is 9.50 Å². The standard InChI is InChI=1S/C15H12ClFO/c16-11-6-4-10(5-7-11)15(18)9-8-12-13(15)2-1-3-14(12)17/h1-7,18H,8-9H2. The largest absolute Gasteiger partial charge is 0.380 e. The number of hydrogen-bond donors (Lipinski definition) is 1. The van der Waals surface area contributed by atoms with Crippen LogP contribution < -0.4 is 0 Å². The Kier molecular flexibility index (Phi) is 2.65. The molecule has 0 saturated carbocycles. The van der Waals surface area contributed by atoms with Crippen molar-refractivity contribution in [1.82, 2.24) is 0 Å². The van der Waals surface area contributed by atoms with Gasteiger partial charge < -0.3 is 5.11 Å². The predicted octanol–water partition coefficient (Wildman–Crippen LogP) is 3.66. The van der Waals surface area contributed by atoms with Gasteiger partial charge in [-0.2, -0.15) is 0 Å². The first kappa shape index (κ1) is 11.7. The van der Waals surface area contributed by atoms with Crippen molar-refractivity contribution in [2.24, 2.45) is 0 Å². The fourth-order valence-electron chi connectivity index (χ4n) is 2.67. The van der Waals surface area contributed by atoms with Gasteiger partial charge in [0.1, 0.15) is 11.4 Å². The Balaban J connectivity index is 2.14. The summed E-state index contributed by atoms with van der Waals surface area (Å²) < 4.78 is 13.7. The average Bonchev–Trinajstić information content (AvgIpc) is 2.71. The molecule has 0 spiro atoms. The number of benzene rings is 2. The van der Waals surface area contributed by atoms with Gasteiger partial charge in [-0.15, -0.1) is 0 Å². The van der Waals surface area contributed by atoms with Gasteiger partial charge in [0.2, 0.25) is 0 Å². The van der Waals surface area contributed by atoms with E-state index in [1.54, 1.807) is 36.4 Å². The first-order valence-electron chi connectivity index (χ1n) is 5.87. The summed E-state index contributed by atoms with van der Waals surface area (Å²) in [4.78, 5) is 0. The van der Waals surface area contributed by atoms with E-state index >= 15 is 0 Å². The SMILES string of the molecule is OC1(c2ccc(Cl)cc2)CCc2c(F)cccc21. The lowest BCUT2D eigenvalue weighted by Gasteiger charge is -2.24. The van der Waals surface area contributed by atoms with E-state index in [1.165, 1.54) is 6.07 Å². The minimum atomic E-state index is -1.10. The zero-order valence-electron chi connectivity index (χ0n) is 9.66. The Morgan fingerprint density at radius 3 is 2.56 bits per heavy atom. The second kappa shape index (κ2) is 4.08. The highest BCUT2D eigenvalue weighted by molar-refractivity contribution is 6.30. The van der Waals surface area contributed by atoms with Crippen LogP contribution in [0.25, 0.3) is 0 Å². The molecule has 2 aromatic carbocycles. The van der Waals surface area contributed by atoms with E-state index in [4.69, 9.17) is 11.6 Å². The van der Waals surface area contributed by atoms with Gasteiger partial charge in [0.15, 0.2) is 0 Å². The van der Waals surface area contributed by atoms with Gasteiger partial charge in [0, 0.05) is 5.02 Å². The maximum Gasteiger partial charge on any atom is 0.126 e. The number of aliphatic hydroxyl groups is 1. The molecule has 2 aromatic rings. The molecule has 0 amide bonds. The molecule has 0 aliphatic heterocycles. The highest BCUT2D eigenvalue weighted by atomic mass is 35.5. The molecular weight excluding hydrogens is 251 g/mol. The van der Waals surface area contributed by atoms with Crippen LogP contribution >= 0.6 is 11.6 Å². The average molecular weight is 263 g/mol. The first-order chi connectivity index (χ1) is 8.61. The molecule has 0 bridgehead atoms. The topological polar surface area (TPSA) is 20.2 Å². The summed E-state index contributed by atoms with van der Waals surface area (Å²) in [6.45, 7) is 0. The molecule has 92 valence electrons. The summed E-state index contributed by atoms with van der Waals surface area (Å²) in [7, 11) is 0. The quantitative estimate of drug-likeness (QED) is 0.832. The molecule has 1 nitrogen and oxygen atoms in total. The molecule has 0 radical (unpaired) electrons. The molecule has 3 heteroatoms. The summed E-state index contributed by atoms with van der Waals surface area (Å²) in [5, 5.41) is 11.4. The van der Waals surface area contributed by atoms with Crippen LogP contribution in [0.4, 0.5) is 4.39 Å². The Labute approximate surface area is 110 Å². The number of rotatable bonds is 1. The third-order valence-electron chi connectivity index (χ3n) is 3.62. The van der Waals surface area contributed by atoms with Crippen LogP contribution in [0.1, 0.15) is 23.1 Å². The number of fused-ring (bicyclic) bond motifs is 1. The molecule has 1 N–H and O–H groups in total. The Morgan fingerprint density at radius 1 is 1.11 bits per heavy atom. The fourth-order valence-corrected chi connectivity index (χ4v) is 2.79. The van der Waals surface area contributed by atoms with Gasteiger partial charge in [0.05, 0.1) is 0 Å². The van der Waals surface area contributed by atoms with Crippen molar-refractivity contribution in [2.75, 3.05) is 0 Å². The zero-order valence-corrected chi connectivity index (χ0v) is 10.4. The highest BCUT2D eigenvalue weighted by Gasteiger charge is 2.39. The minimum Gasteiger partial charge on any atom is -0.380 e. The van der Waals surface area contributed by atoms with E-state index in [-0.39, 0.29) is 5.82 Å². The van der Waals surface area contributed by atoms with Crippen LogP contribution in [0.5, 0.6) is 0 Å².